The molecule has 1 fully saturated rings. The van der Waals surface area contributed by atoms with Crippen molar-refractivity contribution in [2.24, 2.45) is 7.05 Å². The molecule has 2 aliphatic rings. The average Bonchev–Trinajstić information content (AvgIpc) is 3.15. The molecule has 0 saturated heterocycles. The second-order valence-corrected chi connectivity index (χ2v) is 6.70. The first-order valence-electron chi connectivity index (χ1n) is 7.75. The lowest BCUT2D eigenvalue weighted by molar-refractivity contribution is 0.0931. The molecule has 1 saturated carbocycles. The number of rotatable bonds is 3. The van der Waals surface area contributed by atoms with Crippen LogP contribution in [-0.4, -0.2) is 15.7 Å². The number of carbonyl (C=O) groups is 1. The summed E-state index contributed by atoms with van der Waals surface area (Å²) < 4.78 is 1.84. The minimum atomic E-state index is -0.0877. The monoisotopic (exact) mass is 315 g/mol. The summed E-state index contributed by atoms with van der Waals surface area (Å²) in [6.07, 6.45) is 4.29. The van der Waals surface area contributed by atoms with Gasteiger partial charge in [-0.05, 0) is 55.0 Å². The molecule has 5 heteroatoms. The fourth-order valence-corrected chi connectivity index (χ4v) is 3.52. The van der Waals surface area contributed by atoms with Crippen LogP contribution in [0.15, 0.2) is 24.3 Å². The van der Waals surface area contributed by atoms with Crippen molar-refractivity contribution >= 4 is 17.5 Å². The average molecular weight is 316 g/mol. The van der Waals surface area contributed by atoms with E-state index in [-0.39, 0.29) is 11.9 Å². The zero-order chi connectivity index (χ0) is 15.3. The quantitative estimate of drug-likeness (QED) is 0.944. The Kier molecular flexibility index (Phi) is 3.22. The highest BCUT2D eigenvalue weighted by atomic mass is 35.5. The highest BCUT2D eigenvalue weighted by Crippen LogP contribution is 2.40. The van der Waals surface area contributed by atoms with Crippen molar-refractivity contribution in [2.45, 2.75) is 37.6 Å². The maximum Gasteiger partial charge on any atom is 0.272 e. The Morgan fingerprint density at radius 2 is 2.14 bits per heavy atom. The fraction of sp³-hybridized carbons (Fsp3) is 0.412. The molecule has 1 atom stereocenters. The largest absolute Gasteiger partial charge is 0.344 e. The molecule has 0 spiro atoms. The molecule has 0 bridgehead atoms. The summed E-state index contributed by atoms with van der Waals surface area (Å²) in [6.45, 7) is 0. The minimum absolute atomic E-state index is 0.0612. The molecule has 0 radical (unpaired) electrons. The van der Waals surface area contributed by atoms with Crippen molar-refractivity contribution in [3.05, 3.63) is 51.8 Å². The summed E-state index contributed by atoms with van der Waals surface area (Å²) >= 11 is 6.03. The first kappa shape index (κ1) is 13.8. The van der Waals surface area contributed by atoms with E-state index in [0.29, 0.717) is 11.6 Å². The lowest BCUT2D eigenvalue weighted by atomic mass is 10.1. The minimum Gasteiger partial charge on any atom is -0.344 e. The van der Waals surface area contributed by atoms with Gasteiger partial charge in [-0.25, -0.2) is 0 Å². The highest BCUT2D eigenvalue weighted by molar-refractivity contribution is 6.30. The van der Waals surface area contributed by atoms with Gasteiger partial charge in [0.05, 0.1) is 6.04 Å². The zero-order valence-corrected chi connectivity index (χ0v) is 13.2. The number of hydrogen-bond donors (Lipinski definition) is 1. The number of nitrogens with one attached hydrogen (secondary N) is 1. The van der Waals surface area contributed by atoms with E-state index in [9.17, 15) is 4.79 Å². The summed E-state index contributed by atoms with van der Waals surface area (Å²) in [6, 6.07) is 7.89. The van der Waals surface area contributed by atoms with Gasteiger partial charge in [0.1, 0.15) is 5.69 Å². The van der Waals surface area contributed by atoms with Gasteiger partial charge in [-0.3, -0.25) is 9.48 Å². The van der Waals surface area contributed by atoms with Crippen molar-refractivity contribution in [2.75, 3.05) is 0 Å². The Balaban J connectivity index is 1.52. The Morgan fingerprint density at radius 1 is 1.32 bits per heavy atom. The molecule has 114 valence electrons. The van der Waals surface area contributed by atoms with Crippen LogP contribution in [0, 0.1) is 0 Å². The van der Waals surface area contributed by atoms with Crippen LogP contribution in [0.4, 0.5) is 0 Å². The van der Waals surface area contributed by atoms with Gasteiger partial charge in [0.15, 0.2) is 0 Å². The summed E-state index contributed by atoms with van der Waals surface area (Å²) in [7, 11) is 1.91. The van der Waals surface area contributed by atoms with Gasteiger partial charge in [0, 0.05) is 23.7 Å². The van der Waals surface area contributed by atoms with Crippen molar-refractivity contribution in [1.82, 2.24) is 15.1 Å². The molecule has 0 aliphatic heterocycles. The molecular weight excluding hydrogens is 298 g/mol. The van der Waals surface area contributed by atoms with Crippen LogP contribution < -0.4 is 5.32 Å². The summed E-state index contributed by atoms with van der Waals surface area (Å²) in [5.41, 5.74) is 4.10. The maximum atomic E-state index is 12.5. The topological polar surface area (TPSA) is 46.9 Å². The van der Waals surface area contributed by atoms with Gasteiger partial charge in [-0.15, -0.1) is 0 Å². The molecule has 4 rings (SSSR count). The zero-order valence-electron chi connectivity index (χ0n) is 12.5. The molecule has 1 amide bonds. The van der Waals surface area contributed by atoms with Crippen LogP contribution in [0.2, 0.25) is 5.02 Å². The summed E-state index contributed by atoms with van der Waals surface area (Å²) in [5, 5.41) is 8.23. The first-order valence-corrected chi connectivity index (χ1v) is 8.13. The second kappa shape index (κ2) is 5.13. The van der Waals surface area contributed by atoms with E-state index in [1.807, 2.05) is 36.0 Å². The van der Waals surface area contributed by atoms with E-state index in [0.717, 1.165) is 17.9 Å². The predicted molar refractivity (Wildman–Crippen MR) is 85.2 cm³/mol. The Morgan fingerprint density at radius 3 is 2.91 bits per heavy atom. The lowest BCUT2D eigenvalue weighted by Gasteiger charge is -2.13. The first-order chi connectivity index (χ1) is 10.6. The van der Waals surface area contributed by atoms with Crippen LogP contribution in [0.1, 0.15) is 58.5 Å². The van der Waals surface area contributed by atoms with Gasteiger partial charge >= 0.3 is 0 Å². The Bertz CT molecular complexity index is 748. The number of aromatic nitrogens is 2. The number of carbonyl (C=O) groups excluding carboxylic acids is 1. The highest BCUT2D eigenvalue weighted by Gasteiger charge is 2.29. The molecule has 4 nitrogen and oxygen atoms in total. The Labute approximate surface area is 134 Å². The molecule has 0 unspecified atom stereocenters. The molecule has 1 heterocycles. The van der Waals surface area contributed by atoms with Crippen LogP contribution in [0.3, 0.4) is 0 Å². The van der Waals surface area contributed by atoms with Crippen molar-refractivity contribution < 1.29 is 4.79 Å². The number of fused-ring (bicyclic) bond motifs is 1. The third kappa shape index (κ3) is 2.41. The van der Waals surface area contributed by atoms with E-state index in [1.165, 1.54) is 29.7 Å². The van der Waals surface area contributed by atoms with Crippen LogP contribution in [0.25, 0.3) is 0 Å². The van der Waals surface area contributed by atoms with E-state index in [2.05, 4.69) is 10.4 Å². The van der Waals surface area contributed by atoms with Gasteiger partial charge in [-0.2, -0.15) is 5.10 Å². The smallest absolute Gasteiger partial charge is 0.272 e. The standard InChI is InChI=1S/C17H18ClN3O/c1-21-16(10-2-3-10)9-15(20-21)17(22)19-14-7-4-11-8-12(18)5-6-13(11)14/h5-6,8-10,14H,2-4,7H2,1H3,(H,19,22)/t14-/m1/s1. The van der Waals surface area contributed by atoms with Crippen molar-refractivity contribution in [3.8, 4) is 0 Å². The van der Waals surface area contributed by atoms with Gasteiger partial charge in [0.2, 0.25) is 0 Å². The van der Waals surface area contributed by atoms with Crippen LogP contribution in [0.5, 0.6) is 0 Å². The van der Waals surface area contributed by atoms with Crippen molar-refractivity contribution in [1.29, 1.82) is 0 Å². The van der Waals surface area contributed by atoms with Gasteiger partial charge in [-0.1, -0.05) is 17.7 Å². The third-order valence-corrected chi connectivity index (χ3v) is 4.87. The molecule has 1 aromatic carbocycles. The van der Waals surface area contributed by atoms with Gasteiger partial charge < -0.3 is 5.32 Å². The fourth-order valence-electron chi connectivity index (χ4n) is 3.32. The number of hydrogen-bond acceptors (Lipinski definition) is 2. The lowest BCUT2D eigenvalue weighted by Crippen LogP contribution is -2.27. The molecule has 1 aromatic heterocycles. The van der Waals surface area contributed by atoms with E-state index in [4.69, 9.17) is 11.6 Å². The molecule has 22 heavy (non-hydrogen) atoms. The number of amides is 1. The summed E-state index contributed by atoms with van der Waals surface area (Å²) in [4.78, 5) is 12.5. The van der Waals surface area contributed by atoms with Crippen LogP contribution >= 0.6 is 11.6 Å². The molecule has 2 aliphatic carbocycles. The molecular formula is C17H18ClN3O. The predicted octanol–water partition coefficient (Wildman–Crippen LogP) is 3.37. The van der Waals surface area contributed by atoms with E-state index in [1.54, 1.807) is 0 Å². The van der Waals surface area contributed by atoms with Crippen LogP contribution in [-0.2, 0) is 13.5 Å². The maximum absolute atomic E-state index is 12.5. The summed E-state index contributed by atoms with van der Waals surface area (Å²) in [5.74, 6) is 0.503. The van der Waals surface area contributed by atoms with Crippen molar-refractivity contribution in [3.63, 3.8) is 0 Å². The molecule has 2 aromatic rings. The second-order valence-electron chi connectivity index (χ2n) is 6.26. The normalized spacial score (nSPS) is 20.0. The number of benzene rings is 1. The molecule has 1 N–H and O–H groups in total. The third-order valence-electron chi connectivity index (χ3n) is 4.63. The van der Waals surface area contributed by atoms with E-state index >= 15 is 0 Å². The number of nitrogens with zero attached hydrogens (tertiary/aromatic N) is 2. The number of aryl methyl sites for hydroxylation is 2. The Hall–Kier alpha value is -1.81. The SMILES string of the molecule is Cn1nc(C(=O)N[C@@H]2CCc3cc(Cl)ccc32)cc1C1CC1. The van der Waals surface area contributed by atoms with E-state index < -0.39 is 0 Å². The number of halogens is 1. The van der Waals surface area contributed by atoms with Gasteiger partial charge in [0.25, 0.3) is 5.91 Å².